The molecule has 0 saturated heterocycles. The molecule has 0 fully saturated rings. The van der Waals surface area contributed by atoms with Crippen LogP contribution in [-0.4, -0.2) is 16.7 Å². The fraction of sp³-hybridized carbons (Fsp3) is 0.261. The van der Waals surface area contributed by atoms with E-state index in [4.69, 9.17) is 11.6 Å². The molecule has 148 valence electrons. The number of rotatable bonds is 3. The average molecular weight is 408 g/mol. The number of nitrogens with one attached hydrogen (secondary N) is 2. The molecule has 1 atom stereocenters. The van der Waals surface area contributed by atoms with Crippen molar-refractivity contribution in [1.82, 2.24) is 10.3 Å². The van der Waals surface area contributed by atoms with E-state index in [2.05, 4.69) is 15.6 Å². The first-order valence-corrected chi connectivity index (χ1v) is 10.1. The Morgan fingerprint density at radius 1 is 1.14 bits per heavy atom. The zero-order valence-corrected chi connectivity index (χ0v) is 17.1. The van der Waals surface area contributed by atoms with Crippen LogP contribution in [0, 0.1) is 6.92 Å². The molecule has 2 aliphatic rings. The van der Waals surface area contributed by atoms with E-state index < -0.39 is 5.92 Å². The molecular formula is C23H22ClN3O2. The fourth-order valence-electron chi connectivity index (χ4n) is 4.10. The lowest BCUT2D eigenvalue weighted by molar-refractivity contribution is -0.116. The number of Topliss-reactive ketones (excluding diaryl/α,β-unsaturated/α-hetero) is 1. The predicted molar refractivity (Wildman–Crippen MR) is 114 cm³/mol. The first-order chi connectivity index (χ1) is 14.0. The number of hydrogen-bond acceptors (Lipinski definition) is 4. The summed E-state index contributed by atoms with van der Waals surface area (Å²) in [5.41, 5.74) is 4.35. The van der Waals surface area contributed by atoms with Crippen molar-refractivity contribution in [2.24, 2.45) is 0 Å². The van der Waals surface area contributed by atoms with Crippen molar-refractivity contribution in [1.29, 1.82) is 0 Å². The third-order valence-electron chi connectivity index (χ3n) is 5.37. The van der Waals surface area contributed by atoms with E-state index in [1.807, 2.05) is 44.2 Å². The third-order valence-corrected chi connectivity index (χ3v) is 5.71. The summed E-state index contributed by atoms with van der Waals surface area (Å²) in [5, 5.41) is 6.74. The maximum atomic E-state index is 13.3. The number of anilines is 1. The topological polar surface area (TPSA) is 71.1 Å². The van der Waals surface area contributed by atoms with Crippen LogP contribution in [0.25, 0.3) is 0 Å². The number of hydrogen-bond donors (Lipinski definition) is 2. The van der Waals surface area contributed by atoms with Crippen LogP contribution in [0.3, 0.4) is 0 Å². The largest absolute Gasteiger partial charge is 0.362 e. The Morgan fingerprint density at radius 3 is 2.69 bits per heavy atom. The summed E-state index contributed by atoms with van der Waals surface area (Å²) < 4.78 is 0. The number of halogens is 1. The summed E-state index contributed by atoms with van der Waals surface area (Å²) in [6.07, 6.45) is 2.07. The Morgan fingerprint density at radius 2 is 1.93 bits per heavy atom. The maximum absolute atomic E-state index is 13.3. The van der Waals surface area contributed by atoms with Gasteiger partial charge in [0.05, 0.1) is 0 Å². The van der Waals surface area contributed by atoms with E-state index >= 15 is 0 Å². The minimum atomic E-state index is -0.502. The normalized spacial score (nSPS) is 19.0. The highest BCUT2D eigenvalue weighted by molar-refractivity contribution is 6.31. The van der Waals surface area contributed by atoms with E-state index in [9.17, 15) is 9.59 Å². The first kappa shape index (κ1) is 19.4. The van der Waals surface area contributed by atoms with E-state index in [-0.39, 0.29) is 11.7 Å². The number of carbonyl (C=O) groups is 2. The molecule has 2 N–H and O–H groups in total. The van der Waals surface area contributed by atoms with Gasteiger partial charge in [-0.25, -0.2) is 4.98 Å². The van der Waals surface area contributed by atoms with Gasteiger partial charge in [0.1, 0.15) is 5.82 Å². The van der Waals surface area contributed by atoms with Crippen LogP contribution in [0.15, 0.2) is 65.0 Å². The molecule has 5 nitrogen and oxygen atoms in total. The quantitative estimate of drug-likeness (QED) is 0.776. The number of ketones is 1. The van der Waals surface area contributed by atoms with Gasteiger partial charge < -0.3 is 10.6 Å². The second kappa shape index (κ2) is 7.84. The monoisotopic (exact) mass is 407 g/mol. The number of dihydropyridines is 1. The second-order valence-corrected chi connectivity index (χ2v) is 7.81. The number of aryl methyl sites for hydroxylation is 1. The number of carbonyl (C=O) groups excluding carboxylic acids is 2. The van der Waals surface area contributed by atoms with Gasteiger partial charge in [-0.05, 0) is 50.5 Å². The van der Waals surface area contributed by atoms with Gasteiger partial charge in [-0.15, -0.1) is 0 Å². The van der Waals surface area contributed by atoms with Gasteiger partial charge in [-0.2, -0.15) is 0 Å². The average Bonchev–Trinajstić information content (AvgIpc) is 2.67. The third kappa shape index (κ3) is 3.70. The van der Waals surface area contributed by atoms with Gasteiger partial charge in [0, 0.05) is 45.6 Å². The van der Waals surface area contributed by atoms with Gasteiger partial charge >= 0.3 is 0 Å². The summed E-state index contributed by atoms with van der Waals surface area (Å²) in [6.45, 7) is 3.73. The minimum Gasteiger partial charge on any atom is -0.362 e. The maximum Gasteiger partial charge on any atom is 0.255 e. The van der Waals surface area contributed by atoms with Crippen LogP contribution in [-0.2, 0) is 9.59 Å². The van der Waals surface area contributed by atoms with Crippen LogP contribution >= 0.6 is 11.6 Å². The molecule has 0 radical (unpaired) electrons. The number of amides is 1. The molecule has 2 heterocycles. The lowest BCUT2D eigenvalue weighted by Crippen LogP contribution is -2.35. The molecule has 1 amide bonds. The highest BCUT2D eigenvalue weighted by Crippen LogP contribution is 2.44. The van der Waals surface area contributed by atoms with Gasteiger partial charge in [-0.3, -0.25) is 9.59 Å². The second-order valence-electron chi connectivity index (χ2n) is 7.41. The van der Waals surface area contributed by atoms with Gasteiger partial charge in [0.25, 0.3) is 5.91 Å². The van der Waals surface area contributed by atoms with Crippen molar-refractivity contribution in [2.45, 2.75) is 39.0 Å². The van der Waals surface area contributed by atoms with Gasteiger partial charge in [0.15, 0.2) is 5.78 Å². The lowest BCUT2D eigenvalue weighted by atomic mass is 9.75. The van der Waals surface area contributed by atoms with E-state index in [1.165, 1.54) is 0 Å². The molecule has 6 heteroatoms. The van der Waals surface area contributed by atoms with Crippen LogP contribution in [0.4, 0.5) is 5.82 Å². The highest BCUT2D eigenvalue weighted by atomic mass is 35.5. The molecule has 2 aromatic rings. The Balaban J connectivity index is 1.81. The van der Waals surface area contributed by atoms with Crippen LogP contribution in [0.5, 0.6) is 0 Å². The molecule has 1 aromatic heterocycles. The van der Waals surface area contributed by atoms with Crippen LogP contribution in [0.1, 0.15) is 43.4 Å². The van der Waals surface area contributed by atoms with Crippen LogP contribution < -0.4 is 10.6 Å². The number of allylic oxidation sites excluding steroid dienone is 3. The zero-order chi connectivity index (χ0) is 20.5. The molecular weight excluding hydrogens is 386 g/mol. The summed E-state index contributed by atoms with van der Waals surface area (Å²) in [7, 11) is 0. The molecule has 0 spiro atoms. The number of nitrogens with zero attached hydrogens (tertiary/aromatic N) is 1. The Hall–Kier alpha value is -2.92. The summed E-state index contributed by atoms with van der Waals surface area (Å²) in [6, 6.07) is 12.9. The Labute approximate surface area is 174 Å². The molecule has 0 saturated carbocycles. The molecule has 1 aromatic carbocycles. The van der Waals surface area contributed by atoms with Crippen LogP contribution in [0.2, 0.25) is 5.02 Å². The number of pyridine rings is 1. The minimum absolute atomic E-state index is 0.0650. The summed E-state index contributed by atoms with van der Waals surface area (Å²) in [4.78, 5) is 30.6. The molecule has 0 bridgehead atoms. The van der Waals surface area contributed by atoms with Crippen molar-refractivity contribution in [3.8, 4) is 0 Å². The Bertz CT molecular complexity index is 1070. The van der Waals surface area contributed by atoms with E-state index in [0.717, 1.165) is 35.5 Å². The molecule has 1 aliphatic carbocycles. The van der Waals surface area contributed by atoms with Crippen molar-refractivity contribution in [2.75, 3.05) is 5.32 Å². The van der Waals surface area contributed by atoms with Crippen molar-refractivity contribution in [3.05, 3.63) is 81.3 Å². The highest BCUT2D eigenvalue weighted by Gasteiger charge is 2.39. The standard InChI is InChI=1S/C23H22ClN3O2/c1-13-7-5-12-19(25-13)27-23(29)20-14(2)26-17-10-6-11-18(28)22(17)21(20)15-8-3-4-9-16(15)24/h3-5,7-9,12,21,26H,6,10-11H2,1-2H3,(H,25,27,29). The molecule has 1 aliphatic heterocycles. The smallest absolute Gasteiger partial charge is 0.255 e. The van der Waals surface area contributed by atoms with Gasteiger partial charge in [-0.1, -0.05) is 35.9 Å². The fourth-order valence-corrected chi connectivity index (χ4v) is 4.35. The van der Waals surface area contributed by atoms with Crippen molar-refractivity contribution >= 4 is 29.1 Å². The number of aromatic nitrogens is 1. The molecule has 1 unspecified atom stereocenters. The Kier molecular flexibility index (Phi) is 5.24. The van der Waals surface area contributed by atoms with E-state index in [0.29, 0.717) is 28.4 Å². The summed E-state index contributed by atoms with van der Waals surface area (Å²) in [5.74, 6) is -0.251. The van der Waals surface area contributed by atoms with Crippen molar-refractivity contribution in [3.63, 3.8) is 0 Å². The molecule has 29 heavy (non-hydrogen) atoms. The SMILES string of the molecule is CC1=C(C(=O)Nc2cccc(C)n2)C(c2ccccc2Cl)C2=C(CCCC2=O)N1. The summed E-state index contributed by atoms with van der Waals surface area (Å²) >= 11 is 6.51. The first-order valence-electron chi connectivity index (χ1n) is 9.69. The lowest BCUT2D eigenvalue weighted by Gasteiger charge is -2.34. The zero-order valence-electron chi connectivity index (χ0n) is 16.4. The van der Waals surface area contributed by atoms with Gasteiger partial charge in [0.2, 0.25) is 0 Å². The molecule has 4 rings (SSSR count). The van der Waals surface area contributed by atoms with Crippen molar-refractivity contribution < 1.29 is 9.59 Å². The van der Waals surface area contributed by atoms with E-state index in [1.54, 1.807) is 12.1 Å². The number of benzene rings is 1. The predicted octanol–water partition coefficient (Wildman–Crippen LogP) is 4.65.